The van der Waals surface area contributed by atoms with Crippen molar-refractivity contribution in [3.63, 3.8) is 0 Å². The number of hydrogen-bond acceptors (Lipinski definition) is 9. The highest BCUT2D eigenvalue weighted by Crippen LogP contribution is 2.37. The van der Waals surface area contributed by atoms with Gasteiger partial charge in [0, 0.05) is 46.4 Å². The van der Waals surface area contributed by atoms with E-state index < -0.39 is 15.6 Å². The lowest BCUT2D eigenvalue weighted by Gasteiger charge is -2.22. The van der Waals surface area contributed by atoms with Crippen LogP contribution in [0.1, 0.15) is 36.8 Å². The second-order valence-corrected chi connectivity index (χ2v) is 13.6. The third-order valence-corrected chi connectivity index (χ3v) is 7.72. The van der Waals surface area contributed by atoms with Gasteiger partial charge in [0.2, 0.25) is 5.88 Å². The normalized spacial score (nSPS) is 15.7. The number of rotatable bonds is 7. The topological polar surface area (TPSA) is 229 Å². The zero-order chi connectivity index (χ0) is 34.4. The summed E-state index contributed by atoms with van der Waals surface area (Å²) in [6.45, 7) is 5.78. The van der Waals surface area contributed by atoms with Gasteiger partial charge in [-0.2, -0.15) is 0 Å². The first kappa shape index (κ1) is 36.9. The molecule has 256 valence electrons. The Labute approximate surface area is 275 Å². The molecule has 2 fully saturated rings. The third kappa shape index (κ3) is 11.6. The second-order valence-electron chi connectivity index (χ2n) is 11.1. The molecule has 0 radical (unpaired) electrons. The van der Waals surface area contributed by atoms with Gasteiger partial charge in [-0.25, -0.2) is 19.1 Å². The van der Waals surface area contributed by atoms with Crippen molar-refractivity contribution in [2.75, 3.05) is 38.6 Å². The number of phenolic OH excluding ortho intramolecular Hbond substituents is 1. The number of aromatic nitrogens is 2. The van der Waals surface area contributed by atoms with E-state index in [1.54, 1.807) is 7.11 Å². The van der Waals surface area contributed by atoms with Crippen LogP contribution < -0.4 is 10.1 Å². The van der Waals surface area contributed by atoms with Crippen molar-refractivity contribution < 1.29 is 48.3 Å². The van der Waals surface area contributed by atoms with Crippen LogP contribution in [0.4, 0.5) is 11.4 Å². The smallest absolute Gasteiger partial charge is 0.466 e. The Kier molecular flexibility index (Phi) is 12.6. The first-order chi connectivity index (χ1) is 22.1. The van der Waals surface area contributed by atoms with Gasteiger partial charge < -0.3 is 44.5 Å². The Morgan fingerprint density at radius 1 is 0.787 bits per heavy atom. The van der Waals surface area contributed by atoms with Crippen molar-refractivity contribution in [3.8, 4) is 11.6 Å². The molecule has 0 spiro atoms. The van der Waals surface area contributed by atoms with Gasteiger partial charge in [0.05, 0.1) is 23.8 Å². The largest absolute Gasteiger partial charge is 0.507 e. The SMILES string of the molecule is COc1ccc2nc3cc(Cl)ccc3c(Nc3cc(CN4CCCC4)c(O)c(CN4CCCC4)c3)c2n1.O=P(O)(O)O.O=P(O)(O)O. The Balaban J connectivity index is 0.000000439. The molecular weight excluding hydrogens is 676 g/mol. The van der Waals surface area contributed by atoms with Crippen LogP contribution >= 0.6 is 27.2 Å². The number of ether oxygens (including phenoxy) is 1. The van der Waals surface area contributed by atoms with Crippen molar-refractivity contribution >= 4 is 60.6 Å². The van der Waals surface area contributed by atoms with Crippen molar-refractivity contribution in [1.82, 2.24) is 19.8 Å². The number of fused-ring (bicyclic) bond motifs is 2. The standard InChI is InChI=1S/C29H32ClN5O2.2H3O4P/c1-37-26-9-8-24-28(33-26)27(23-7-6-21(30)16-25(23)32-24)31-22-14-19(17-34-10-2-3-11-34)29(36)20(15-22)18-35-12-4-5-13-35;2*1-5(2,3)4/h6-9,14-16,36H,2-5,10-13,17-18H2,1H3,(H,31,32);2*(H3,1,2,3,4). The van der Waals surface area contributed by atoms with Gasteiger partial charge in [0.15, 0.2) is 0 Å². The molecule has 2 aromatic heterocycles. The summed E-state index contributed by atoms with van der Waals surface area (Å²) in [5, 5.41) is 16.5. The van der Waals surface area contributed by atoms with E-state index in [1.807, 2.05) is 30.3 Å². The fourth-order valence-electron chi connectivity index (χ4n) is 5.60. The molecule has 2 aliphatic heterocycles. The highest BCUT2D eigenvalue weighted by atomic mass is 35.5. The number of hydrogen-bond donors (Lipinski definition) is 8. The highest BCUT2D eigenvalue weighted by Gasteiger charge is 2.21. The van der Waals surface area contributed by atoms with E-state index in [4.69, 9.17) is 64.8 Å². The van der Waals surface area contributed by atoms with Crippen LogP contribution in [0.3, 0.4) is 0 Å². The molecule has 2 aromatic carbocycles. The molecule has 15 nitrogen and oxygen atoms in total. The van der Waals surface area contributed by atoms with Gasteiger partial charge in [0.25, 0.3) is 0 Å². The maximum atomic E-state index is 11.3. The first-order valence-corrected chi connectivity index (χ1v) is 18.2. The lowest BCUT2D eigenvalue weighted by atomic mass is 10.0. The number of anilines is 2. The van der Waals surface area contributed by atoms with Crippen LogP contribution in [0.25, 0.3) is 21.9 Å². The van der Waals surface area contributed by atoms with E-state index in [2.05, 4.69) is 27.2 Å². The summed E-state index contributed by atoms with van der Waals surface area (Å²) >= 11 is 6.32. The maximum absolute atomic E-state index is 11.3. The lowest BCUT2D eigenvalue weighted by Crippen LogP contribution is -2.20. The number of phosphoric acid groups is 2. The van der Waals surface area contributed by atoms with E-state index in [1.165, 1.54) is 25.7 Å². The van der Waals surface area contributed by atoms with E-state index in [0.717, 1.165) is 83.7 Å². The predicted molar refractivity (Wildman–Crippen MR) is 178 cm³/mol. The number of nitrogens with one attached hydrogen (secondary N) is 1. The van der Waals surface area contributed by atoms with Crippen molar-refractivity contribution in [3.05, 3.63) is 58.6 Å². The molecule has 4 heterocycles. The van der Waals surface area contributed by atoms with Crippen LogP contribution in [-0.4, -0.2) is 87.5 Å². The summed E-state index contributed by atoms with van der Waals surface area (Å²) in [5.41, 5.74) is 5.96. The number of halogens is 1. The number of phenols is 1. The first-order valence-electron chi connectivity index (χ1n) is 14.6. The van der Waals surface area contributed by atoms with Crippen molar-refractivity contribution in [2.24, 2.45) is 0 Å². The Morgan fingerprint density at radius 3 is 1.79 bits per heavy atom. The molecule has 0 atom stereocenters. The molecule has 0 amide bonds. The quantitative estimate of drug-likeness (QED) is 0.0761. The van der Waals surface area contributed by atoms with Gasteiger partial charge in [-0.1, -0.05) is 11.6 Å². The molecule has 6 rings (SSSR count). The maximum Gasteiger partial charge on any atom is 0.466 e. The average molecular weight is 714 g/mol. The van der Waals surface area contributed by atoms with E-state index in [9.17, 15) is 5.11 Å². The Hall–Kier alpha value is -2.91. The zero-order valence-corrected chi connectivity index (χ0v) is 28.1. The molecule has 2 saturated heterocycles. The summed E-state index contributed by atoms with van der Waals surface area (Å²) in [6, 6.07) is 13.6. The fourth-order valence-corrected chi connectivity index (χ4v) is 5.76. The second kappa shape index (κ2) is 16.0. The zero-order valence-electron chi connectivity index (χ0n) is 25.5. The average Bonchev–Trinajstić information content (AvgIpc) is 3.68. The molecule has 0 saturated carbocycles. The Morgan fingerprint density at radius 2 is 1.30 bits per heavy atom. The third-order valence-electron chi connectivity index (χ3n) is 7.49. The van der Waals surface area contributed by atoms with Crippen LogP contribution in [0.2, 0.25) is 5.02 Å². The van der Waals surface area contributed by atoms with E-state index in [-0.39, 0.29) is 0 Å². The molecular formula is C29H38ClN5O10P2. The van der Waals surface area contributed by atoms with Gasteiger partial charge in [-0.05, 0) is 88.3 Å². The van der Waals surface area contributed by atoms with Crippen LogP contribution in [0.5, 0.6) is 11.6 Å². The monoisotopic (exact) mass is 713 g/mol. The molecule has 0 aliphatic carbocycles. The minimum absolute atomic E-state index is 0.417. The predicted octanol–water partition coefficient (Wildman–Crippen LogP) is 4.23. The van der Waals surface area contributed by atoms with E-state index >= 15 is 0 Å². The molecule has 8 N–H and O–H groups in total. The van der Waals surface area contributed by atoms with Crippen LogP contribution in [-0.2, 0) is 22.2 Å². The van der Waals surface area contributed by atoms with Crippen LogP contribution in [0.15, 0.2) is 42.5 Å². The molecule has 4 aromatic rings. The molecule has 0 unspecified atom stereocenters. The van der Waals surface area contributed by atoms with E-state index in [0.29, 0.717) is 16.7 Å². The minimum atomic E-state index is -4.64. The fraction of sp³-hybridized carbons (Fsp3) is 0.379. The number of methoxy groups -OCH3 is 1. The lowest BCUT2D eigenvalue weighted by molar-refractivity contribution is 0.272. The van der Waals surface area contributed by atoms with Gasteiger partial charge in [0.1, 0.15) is 11.3 Å². The molecule has 0 bridgehead atoms. The van der Waals surface area contributed by atoms with Crippen molar-refractivity contribution in [2.45, 2.75) is 38.8 Å². The number of aromatic hydroxyl groups is 1. The van der Waals surface area contributed by atoms with Gasteiger partial charge in [-0.3, -0.25) is 9.80 Å². The molecule has 18 heteroatoms. The Bertz CT molecular complexity index is 1720. The number of pyridine rings is 2. The molecule has 2 aliphatic rings. The number of benzene rings is 2. The minimum Gasteiger partial charge on any atom is -0.507 e. The molecule has 47 heavy (non-hydrogen) atoms. The summed E-state index contributed by atoms with van der Waals surface area (Å²) in [5.74, 6) is 0.946. The number of likely N-dealkylation sites (tertiary alicyclic amines) is 2. The summed E-state index contributed by atoms with van der Waals surface area (Å²) in [7, 11) is -7.66. The summed E-state index contributed by atoms with van der Waals surface area (Å²) in [4.78, 5) is 57.5. The van der Waals surface area contributed by atoms with Gasteiger partial charge in [-0.15, -0.1) is 0 Å². The highest BCUT2D eigenvalue weighted by molar-refractivity contribution is 7.45. The summed E-state index contributed by atoms with van der Waals surface area (Å²) < 4.78 is 23.2. The summed E-state index contributed by atoms with van der Waals surface area (Å²) in [6.07, 6.45) is 4.85. The van der Waals surface area contributed by atoms with Crippen molar-refractivity contribution in [1.29, 1.82) is 0 Å². The van der Waals surface area contributed by atoms with Gasteiger partial charge >= 0.3 is 15.6 Å². The van der Waals surface area contributed by atoms with Crippen LogP contribution in [0, 0.1) is 0 Å². The number of nitrogens with zero attached hydrogens (tertiary/aromatic N) is 4.